The highest BCUT2D eigenvalue weighted by molar-refractivity contribution is 5.46. The topological polar surface area (TPSA) is 21.3 Å². The molecule has 1 aliphatic rings. The standard InChI is InChI=1S/C22H29NO/c1-18-7-9-20(10-8-18)17-23-21-11-13-22(14-12-21)24-16-15-19-5-3-2-4-6-19/h7-14,19,23H,2-6,15-17H2,1H3. The summed E-state index contributed by atoms with van der Waals surface area (Å²) in [5.41, 5.74) is 3.73. The second kappa shape index (κ2) is 8.77. The summed E-state index contributed by atoms with van der Waals surface area (Å²) in [5.74, 6) is 1.86. The number of aryl methyl sites for hydroxylation is 1. The van der Waals surface area contributed by atoms with E-state index in [2.05, 4.69) is 60.8 Å². The number of nitrogens with one attached hydrogen (secondary N) is 1. The summed E-state index contributed by atoms with van der Waals surface area (Å²) in [7, 11) is 0. The molecule has 1 saturated carbocycles. The molecule has 0 unspecified atom stereocenters. The van der Waals surface area contributed by atoms with E-state index >= 15 is 0 Å². The fourth-order valence-electron chi connectivity index (χ4n) is 3.40. The zero-order valence-corrected chi connectivity index (χ0v) is 14.8. The largest absolute Gasteiger partial charge is 0.494 e. The Labute approximate surface area is 146 Å². The van der Waals surface area contributed by atoms with Crippen LogP contribution in [-0.2, 0) is 6.54 Å². The molecular formula is C22H29NO. The average Bonchev–Trinajstić information content (AvgIpc) is 2.63. The van der Waals surface area contributed by atoms with Gasteiger partial charge in [-0.05, 0) is 49.1 Å². The van der Waals surface area contributed by atoms with E-state index in [1.807, 2.05) is 0 Å². The molecule has 2 heteroatoms. The predicted molar refractivity (Wildman–Crippen MR) is 102 cm³/mol. The van der Waals surface area contributed by atoms with Crippen LogP contribution >= 0.6 is 0 Å². The molecule has 1 aliphatic carbocycles. The van der Waals surface area contributed by atoms with Crippen LogP contribution in [0, 0.1) is 12.8 Å². The number of hydrogen-bond donors (Lipinski definition) is 1. The van der Waals surface area contributed by atoms with Crippen molar-refractivity contribution in [3.8, 4) is 5.75 Å². The molecule has 0 atom stereocenters. The third kappa shape index (κ3) is 5.30. The van der Waals surface area contributed by atoms with Crippen LogP contribution in [0.3, 0.4) is 0 Å². The summed E-state index contributed by atoms with van der Waals surface area (Å²) in [6.45, 7) is 3.81. The van der Waals surface area contributed by atoms with E-state index in [-0.39, 0.29) is 0 Å². The van der Waals surface area contributed by atoms with Crippen molar-refractivity contribution < 1.29 is 4.74 Å². The number of rotatable bonds is 7. The molecule has 128 valence electrons. The molecule has 3 rings (SSSR count). The van der Waals surface area contributed by atoms with Crippen LogP contribution in [0.15, 0.2) is 48.5 Å². The lowest BCUT2D eigenvalue weighted by Gasteiger charge is -2.21. The Balaban J connectivity index is 1.40. The van der Waals surface area contributed by atoms with Crippen LogP contribution in [0.25, 0.3) is 0 Å². The van der Waals surface area contributed by atoms with E-state index in [4.69, 9.17) is 4.74 Å². The third-order valence-corrected chi connectivity index (χ3v) is 4.99. The van der Waals surface area contributed by atoms with Crippen LogP contribution in [0.1, 0.15) is 49.7 Å². The lowest BCUT2D eigenvalue weighted by atomic mass is 9.87. The minimum atomic E-state index is 0.848. The molecule has 0 radical (unpaired) electrons. The fraction of sp³-hybridized carbons (Fsp3) is 0.455. The highest BCUT2D eigenvalue weighted by Crippen LogP contribution is 2.26. The van der Waals surface area contributed by atoms with Crippen molar-refractivity contribution >= 4 is 5.69 Å². The summed E-state index contributed by atoms with van der Waals surface area (Å²) in [4.78, 5) is 0. The van der Waals surface area contributed by atoms with Gasteiger partial charge in [-0.25, -0.2) is 0 Å². The third-order valence-electron chi connectivity index (χ3n) is 4.99. The molecule has 1 N–H and O–H groups in total. The minimum absolute atomic E-state index is 0.848. The van der Waals surface area contributed by atoms with Crippen molar-refractivity contribution in [2.75, 3.05) is 11.9 Å². The maximum Gasteiger partial charge on any atom is 0.119 e. The molecule has 0 amide bonds. The van der Waals surface area contributed by atoms with E-state index in [1.54, 1.807) is 0 Å². The highest BCUT2D eigenvalue weighted by atomic mass is 16.5. The number of benzene rings is 2. The van der Waals surface area contributed by atoms with Gasteiger partial charge < -0.3 is 10.1 Å². The maximum atomic E-state index is 5.91. The summed E-state index contributed by atoms with van der Waals surface area (Å²) in [5, 5.41) is 3.46. The zero-order chi connectivity index (χ0) is 16.6. The molecule has 2 aromatic carbocycles. The van der Waals surface area contributed by atoms with Gasteiger partial charge in [-0.3, -0.25) is 0 Å². The first-order valence-corrected chi connectivity index (χ1v) is 9.32. The first-order chi connectivity index (χ1) is 11.8. The van der Waals surface area contributed by atoms with Gasteiger partial charge in [0.2, 0.25) is 0 Å². The Morgan fingerprint density at radius 1 is 0.917 bits per heavy atom. The predicted octanol–water partition coefficient (Wildman–Crippen LogP) is 5.96. The van der Waals surface area contributed by atoms with E-state index in [0.717, 1.165) is 30.5 Å². The Bertz CT molecular complexity index is 597. The van der Waals surface area contributed by atoms with Crippen molar-refractivity contribution in [1.29, 1.82) is 0 Å². The Kier molecular flexibility index (Phi) is 6.17. The van der Waals surface area contributed by atoms with Gasteiger partial charge in [0.25, 0.3) is 0 Å². The number of hydrogen-bond acceptors (Lipinski definition) is 2. The quantitative estimate of drug-likeness (QED) is 0.679. The summed E-state index contributed by atoms with van der Waals surface area (Å²) < 4.78 is 5.91. The zero-order valence-electron chi connectivity index (χ0n) is 14.8. The van der Waals surface area contributed by atoms with Crippen molar-refractivity contribution in [1.82, 2.24) is 0 Å². The average molecular weight is 323 g/mol. The van der Waals surface area contributed by atoms with Gasteiger partial charge >= 0.3 is 0 Å². The molecule has 0 bridgehead atoms. The highest BCUT2D eigenvalue weighted by Gasteiger charge is 2.13. The molecule has 0 spiro atoms. The Hall–Kier alpha value is -1.96. The van der Waals surface area contributed by atoms with Gasteiger partial charge in [0.1, 0.15) is 5.75 Å². The second-order valence-electron chi connectivity index (χ2n) is 7.00. The Morgan fingerprint density at radius 2 is 1.62 bits per heavy atom. The fourth-order valence-corrected chi connectivity index (χ4v) is 3.40. The second-order valence-corrected chi connectivity index (χ2v) is 7.00. The first-order valence-electron chi connectivity index (χ1n) is 9.32. The van der Waals surface area contributed by atoms with E-state index in [0.29, 0.717) is 0 Å². The van der Waals surface area contributed by atoms with Crippen LogP contribution in [0.5, 0.6) is 5.75 Å². The molecule has 2 nitrogen and oxygen atoms in total. The summed E-state index contributed by atoms with van der Waals surface area (Å²) >= 11 is 0. The molecule has 0 aromatic heterocycles. The molecule has 2 aromatic rings. The number of ether oxygens (including phenoxy) is 1. The van der Waals surface area contributed by atoms with Crippen LogP contribution in [0.4, 0.5) is 5.69 Å². The molecule has 24 heavy (non-hydrogen) atoms. The van der Waals surface area contributed by atoms with Crippen molar-refractivity contribution in [2.24, 2.45) is 5.92 Å². The smallest absolute Gasteiger partial charge is 0.119 e. The van der Waals surface area contributed by atoms with Gasteiger partial charge in [0.15, 0.2) is 0 Å². The number of anilines is 1. The van der Waals surface area contributed by atoms with Gasteiger partial charge in [0, 0.05) is 12.2 Å². The van der Waals surface area contributed by atoms with Crippen molar-refractivity contribution in [2.45, 2.75) is 52.0 Å². The monoisotopic (exact) mass is 323 g/mol. The lowest BCUT2D eigenvalue weighted by molar-refractivity contribution is 0.246. The van der Waals surface area contributed by atoms with Crippen molar-refractivity contribution in [3.63, 3.8) is 0 Å². The molecular weight excluding hydrogens is 294 g/mol. The maximum absolute atomic E-state index is 5.91. The minimum Gasteiger partial charge on any atom is -0.494 e. The van der Waals surface area contributed by atoms with Gasteiger partial charge in [-0.15, -0.1) is 0 Å². The molecule has 0 saturated heterocycles. The first kappa shape index (κ1) is 16.9. The van der Waals surface area contributed by atoms with E-state index in [9.17, 15) is 0 Å². The SMILES string of the molecule is Cc1ccc(CNc2ccc(OCCC3CCCCC3)cc2)cc1. The summed E-state index contributed by atoms with van der Waals surface area (Å²) in [6.07, 6.45) is 8.23. The molecule has 1 fully saturated rings. The lowest BCUT2D eigenvalue weighted by Crippen LogP contribution is -2.10. The van der Waals surface area contributed by atoms with Crippen LogP contribution in [0.2, 0.25) is 0 Å². The van der Waals surface area contributed by atoms with E-state index < -0.39 is 0 Å². The van der Waals surface area contributed by atoms with E-state index in [1.165, 1.54) is 49.7 Å². The molecule has 0 aliphatic heterocycles. The normalized spacial score (nSPS) is 15.2. The van der Waals surface area contributed by atoms with Crippen LogP contribution < -0.4 is 10.1 Å². The van der Waals surface area contributed by atoms with Gasteiger partial charge in [-0.1, -0.05) is 61.9 Å². The Morgan fingerprint density at radius 3 is 2.33 bits per heavy atom. The summed E-state index contributed by atoms with van der Waals surface area (Å²) in [6, 6.07) is 17.0. The van der Waals surface area contributed by atoms with Crippen LogP contribution in [-0.4, -0.2) is 6.61 Å². The van der Waals surface area contributed by atoms with Crippen molar-refractivity contribution in [3.05, 3.63) is 59.7 Å². The van der Waals surface area contributed by atoms with Gasteiger partial charge in [0.05, 0.1) is 6.61 Å². The van der Waals surface area contributed by atoms with Gasteiger partial charge in [-0.2, -0.15) is 0 Å². The molecule has 0 heterocycles.